The first kappa shape index (κ1) is 23.2. The van der Waals surface area contributed by atoms with Gasteiger partial charge < -0.3 is 24.8 Å². The van der Waals surface area contributed by atoms with E-state index in [0.717, 1.165) is 16.3 Å². The minimum Gasteiger partial charge on any atom is -0.508 e. The Balaban J connectivity index is 1.35. The molecule has 0 saturated heterocycles. The lowest BCUT2D eigenvalue weighted by Crippen LogP contribution is -2.33. The van der Waals surface area contributed by atoms with Crippen LogP contribution in [-0.4, -0.2) is 21.3 Å². The van der Waals surface area contributed by atoms with Crippen molar-refractivity contribution in [2.75, 3.05) is 0 Å². The van der Waals surface area contributed by atoms with Crippen molar-refractivity contribution in [3.05, 3.63) is 124 Å². The van der Waals surface area contributed by atoms with E-state index in [1.165, 1.54) is 6.07 Å². The predicted molar refractivity (Wildman–Crippen MR) is 146 cm³/mol. The smallest absolute Gasteiger partial charge is 0.340 e. The highest BCUT2D eigenvalue weighted by Gasteiger charge is 2.53. The number of carbonyl (C=O) groups is 1. The van der Waals surface area contributed by atoms with Gasteiger partial charge in [0.15, 0.2) is 5.60 Å². The van der Waals surface area contributed by atoms with Crippen molar-refractivity contribution >= 4 is 16.7 Å². The average molecular weight is 517 g/mol. The van der Waals surface area contributed by atoms with Crippen LogP contribution in [0.3, 0.4) is 0 Å². The van der Waals surface area contributed by atoms with Crippen LogP contribution >= 0.6 is 0 Å². The summed E-state index contributed by atoms with van der Waals surface area (Å²) in [7, 11) is 0. The summed E-state index contributed by atoms with van der Waals surface area (Å²) in [6, 6.07) is 26.8. The topological polar surface area (TPSA) is 96.2 Å². The van der Waals surface area contributed by atoms with E-state index in [1.807, 2.05) is 36.4 Å². The first-order valence-electron chi connectivity index (χ1n) is 12.8. The van der Waals surface area contributed by atoms with Crippen LogP contribution in [0.4, 0.5) is 0 Å². The summed E-state index contributed by atoms with van der Waals surface area (Å²) in [6.07, 6.45) is 0.525. The number of hydrogen-bond acceptors (Lipinski definition) is 6. The van der Waals surface area contributed by atoms with Gasteiger partial charge in [0.25, 0.3) is 0 Å². The van der Waals surface area contributed by atoms with E-state index < -0.39 is 11.6 Å². The molecule has 6 nitrogen and oxygen atoms in total. The van der Waals surface area contributed by atoms with Crippen molar-refractivity contribution in [3.63, 3.8) is 0 Å². The number of aromatic hydroxyl groups is 3. The van der Waals surface area contributed by atoms with Crippen LogP contribution in [0, 0.1) is 0 Å². The summed E-state index contributed by atoms with van der Waals surface area (Å²) in [5, 5.41) is 33.0. The summed E-state index contributed by atoms with van der Waals surface area (Å²) >= 11 is 0. The number of ether oxygens (including phenoxy) is 2. The molecule has 2 aliphatic rings. The molecule has 3 N–H and O–H groups in total. The molecule has 5 aromatic carbocycles. The molecule has 0 saturated carbocycles. The zero-order valence-electron chi connectivity index (χ0n) is 21.0. The largest absolute Gasteiger partial charge is 0.508 e. The zero-order chi connectivity index (χ0) is 26.9. The van der Waals surface area contributed by atoms with Crippen LogP contribution in [0.1, 0.15) is 51.0 Å². The van der Waals surface area contributed by atoms with Crippen molar-refractivity contribution < 1.29 is 29.6 Å². The third kappa shape index (κ3) is 3.45. The van der Waals surface area contributed by atoms with E-state index in [4.69, 9.17) is 9.47 Å². The molecule has 2 aliphatic heterocycles. The summed E-state index contributed by atoms with van der Waals surface area (Å²) in [4.78, 5) is 13.1. The Morgan fingerprint density at radius 1 is 0.744 bits per heavy atom. The molecule has 2 atom stereocenters. The molecule has 192 valence electrons. The number of phenols is 3. The molecule has 0 radical (unpaired) electrons. The lowest BCUT2D eigenvalue weighted by Gasteiger charge is -2.37. The molecule has 7 rings (SSSR count). The molecule has 2 unspecified atom stereocenters. The van der Waals surface area contributed by atoms with Crippen LogP contribution in [0.25, 0.3) is 10.8 Å². The van der Waals surface area contributed by atoms with Crippen molar-refractivity contribution in [2.45, 2.75) is 24.9 Å². The monoisotopic (exact) mass is 516 g/mol. The summed E-state index contributed by atoms with van der Waals surface area (Å²) in [5.74, 6) is 0.641. The Bertz CT molecular complexity index is 1820. The SMILES string of the molecule is CC(Cc1cc2c(cc1O)Oc1cc(O)ccc1C21OC(=O)c2ccccc21)c1ccc2cc(O)ccc2c1. The van der Waals surface area contributed by atoms with Crippen molar-refractivity contribution in [1.29, 1.82) is 0 Å². The van der Waals surface area contributed by atoms with Crippen LogP contribution < -0.4 is 4.74 Å². The minimum atomic E-state index is -1.28. The number of benzene rings is 5. The summed E-state index contributed by atoms with van der Waals surface area (Å²) < 4.78 is 12.3. The quantitative estimate of drug-likeness (QED) is 0.227. The highest BCUT2D eigenvalue weighted by molar-refractivity contribution is 5.97. The fraction of sp³-hybridized carbons (Fsp3) is 0.121. The summed E-state index contributed by atoms with van der Waals surface area (Å²) in [6.45, 7) is 2.09. The van der Waals surface area contributed by atoms with E-state index in [2.05, 4.69) is 13.0 Å². The van der Waals surface area contributed by atoms with E-state index in [-0.39, 0.29) is 23.2 Å². The van der Waals surface area contributed by atoms with Gasteiger partial charge >= 0.3 is 5.97 Å². The van der Waals surface area contributed by atoms with Gasteiger partial charge in [-0.3, -0.25) is 0 Å². The van der Waals surface area contributed by atoms with Crippen LogP contribution in [0.15, 0.2) is 91.0 Å². The average Bonchev–Trinajstić information content (AvgIpc) is 3.22. The molecule has 6 heteroatoms. The predicted octanol–water partition coefficient (Wildman–Crippen LogP) is 6.87. The van der Waals surface area contributed by atoms with Gasteiger partial charge in [0.2, 0.25) is 0 Å². The van der Waals surface area contributed by atoms with Crippen LogP contribution in [-0.2, 0) is 16.8 Å². The maximum absolute atomic E-state index is 13.1. The Hall–Kier alpha value is -4.97. The standard InChI is InChI=1S/C33H24O6/c1-18(19-6-7-21-14-23(34)9-8-20(21)13-19)12-22-15-28-31(17-29(22)36)38-30-16-24(35)10-11-27(30)33(28)26-5-3-2-4-25(26)32(37)39-33/h2-11,13-18,34-36H,12H2,1H3. The lowest BCUT2D eigenvalue weighted by molar-refractivity contribution is 0.0224. The number of hydrogen-bond donors (Lipinski definition) is 3. The Morgan fingerprint density at radius 2 is 1.46 bits per heavy atom. The third-order valence-electron chi connectivity index (χ3n) is 7.84. The van der Waals surface area contributed by atoms with Gasteiger partial charge in [-0.15, -0.1) is 0 Å². The highest BCUT2D eigenvalue weighted by atomic mass is 16.6. The fourth-order valence-electron chi connectivity index (χ4n) is 5.91. The molecule has 5 aromatic rings. The van der Waals surface area contributed by atoms with Crippen molar-refractivity contribution in [3.8, 4) is 28.7 Å². The molecule has 0 bridgehead atoms. The van der Waals surface area contributed by atoms with Gasteiger partial charge in [-0.05, 0) is 70.6 Å². The van der Waals surface area contributed by atoms with E-state index >= 15 is 0 Å². The van der Waals surface area contributed by atoms with Crippen molar-refractivity contribution in [1.82, 2.24) is 0 Å². The molecule has 1 spiro atoms. The number of rotatable bonds is 3. The van der Waals surface area contributed by atoms with E-state index in [9.17, 15) is 20.1 Å². The van der Waals surface area contributed by atoms with Gasteiger partial charge in [-0.2, -0.15) is 0 Å². The normalized spacial score (nSPS) is 17.7. The van der Waals surface area contributed by atoms with Gasteiger partial charge in [0, 0.05) is 28.8 Å². The molecule has 2 heterocycles. The second-order valence-electron chi connectivity index (χ2n) is 10.3. The first-order valence-corrected chi connectivity index (χ1v) is 12.8. The number of phenolic OH excluding ortho intramolecular Hbond substituents is 3. The maximum atomic E-state index is 13.1. The van der Waals surface area contributed by atoms with Crippen LogP contribution in [0.2, 0.25) is 0 Å². The Morgan fingerprint density at radius 3 is 2.33 bits per heavy atom. The van der Waals surface area contributed by atoms with Gasteiger partial charge in [-0.1, -0.05) is 49.4 Å². The highest BCUT2D eigenvalue weighted by Crippen LogP contribution is 2.57. The molecule has 0 amide bonds. The summed E-state index contributed by atoms with van der Waals surface area (Å²) in [5.41, 5.74) is 2.89. The van der Waals surface area contributed by atoms with Gasteiger partial charge in [0.1, 0.15) is 28.7 Å². The van der Waals surface area contributed by atoms with E-state index in [1.54, 1.807) is 42.5 Å². The molecular formula is C33H24O6. The number of esters is 1. The molecular weight excluding hydrogens is 492 g/mol. The molecule has 39 heavy (non-hydrogen) atoms. The first-order chi connectivity index (χ1) is 18.8. The van der Waals surface area contributed by atoms with Gasteiger partial charge in [0.05, 0.1) is 5.56 Å². The molecule has 0 aromatic heterocycles. The fourth-order valence-corrected chi connectivity index (χ4v) is 5.91. The maximum Gasteiger partial charge on any atom is 0.340 e. The van der Waals surface area contributed by atoms with Crippen LogP contribution in [0.5, 0.6) is 28.7 Å². The Kier molecular flexibility index (Phi) is 4.91. The second-order valence-corrected chi connectivity index (χ2v) is 10.3. The third-order valence-corrected chi connectivity index (χ3v) is 7.84. The van der Waals surface area contributed by atoms with E-state index in [0.29, 0.717) is 45.7 Å². The second kappa shape index (κ2) is 8.27. The number of carbonyl (C=O) groups excluding carboxylic acids is 1. The van der Waals surface area contributed by atoms with Crippen molar-refractivity contribution in [2.24, 2.45) is 0 Å². The molecule has 0 aliphatic carbocycles. The molecule has 0 fully saturated rings. The van der Waals surface area contributed by atoms with Gasteiger partial charge in [-0.25, -0.2) is 4.79 Å². The Labute approximate surface area is 224 Å². The zero-order valence-corrected chi connectivity index (χ0v) is 21.0. The lowest BCUT2D eigenvalue weighted by atomic mass is 9.76. The number of fused-ring (bicyclic) bond motifs is 7. The minimum absolute atomic E-state index is 0.0187.